The van der Waals surface area contributed by atoms with Crippen molar-refractivity contribution in [2.45, 2.75) is 19.4 Å². The lowest BCUT2D eigenvalue weighted by atomic mass is 10.0. The van der Waals surface area contributed by atoms with Crippen molar-refractivity contribution in [2.24, 2.45) is 0 Å². The Morgan fingerprint density at radius 2 is 1.71 bits per heavy atom. The Bertz CT molecular complexity index is 1230. The maximum Gasteiger partial charge on any atom is 0.155 e. The van der Waals surface area contributed by atoms with Gasteiger partial charge in [-0.15, -0.1) is 5.10 Å². The summed E-state index contributed by atoms with van der Waals surface area (Å²) >= 11 is 0. The molecule has 5 rings (SSSR count). The predicted octanol–water partition coefficient (Wildman–Crippen LogP) is 3.92. The molecular weight excluding hydrogens is 398 g/mol. The maximum absolute atomic E-state index is 14.0. The molecule has 0 unspecified atom stereocenters. The third-order valence-electron chi connectivity index (χ3n) is 5.45. The lowest BCUT2D eigenvalue weighted by Gasteiger charge is -2.39. The van der Waals surface area contributed by atoms with Gasteiger partial charge in [-0.2, -0.15) is 0 Å². The first kappa shape index (κ1) is 19.6. The van der Waals surface area contributed by atoms with Crippen molar-refractivity contribution in [1.29, 1.82) is 0 Å². The van der Waals surface area contributed by atoms with Crippen LogP contribution in [0.3, 0.4) is 0 Å². The third-order valence-corrected chi connectivity index (χ3v) is 5.45. The molecule has 0 atom stereocenters. The molecular formula is C23H22F2N6. The third kappa shape index (κ3) is 3.74. The van der Waals surface area contributed by atoms with Crippen LogP contribution >= 0.6 is 0 Å². The van der Waals surface area contributed by atoms with Gasteiger partial charge in [0.2, 0.25) is 0 Å². The molecule has 8 heteroatoms. The van der Waals surface area contributed by atoms with Crippen molar-refractivity contribution < 1.29 is 8.78 Å². The van der Waals surface area contributed by atoms with Crippen LogP contribution in [0.25, 0.3) is 28.2 Å². The Hall–Kier alpha value is -3.39. The quantitative estimate of drug-likeness (QED) is 0.544. The number of pyridine rings is 1. The average molecular weight is 420 g/mol. The molecule has 4 heterocycles. The number of anilines is 1. The topological polar surface area (TPSA) is 58.4 Å². The number of benzene rings is 1. The monoisotopic (exact) mass is 420 g/mol. The number of imidazole rings is 1. The van der Waals surface area contributed by atoms with Crippen LogP contribution in [0.1, 0.15) is 13.8 Å². The number of nitrogens with zero attached hydrogens (tertiary/aromatic N) is 5. The molecule has 4 aromatic rings. The van der Waals surface area contributed by atoms with Gasteiger partial charge in [-0.1, -0.05) is 0 Å². The smallest absolute Gasteiger partial charge is 0.155 e. The summed E-state index contributed by atoms with van der Waals surface area (Å²) in [5.41, 5.74) is 2.88. The number of fused-ring (bicyclic) bond motifs is 1. The van der Waals surface area contributed by atoms with E-state index in [2.05, 4.69) is 34.0 Å². The molecule has 0 radical (unpaired) electrons. The fourth-order valence-corrected chi connectivity index (χ4v) is 4.09. The first-order chi connectivity index (χ1) is 14.9. The number of hydrogen-bond acceptors (Lipinski definition) is 5. The minimum absolute atomic E-state index is 0.0258. The number of rotatable bonds is 3. The van der Waals surface area contributed by atoms with E-state index in [-0.39, 0.29) is 5.54 Å². The summed E-state index contributed by atoms with van der Waals surface area (Å²) in [7, 11) is 0. The summed E-state index contributed by atoms with van der Waals surface area (Å²) in [5, 5.41) is 8.38. The van der Waals surface area contributed by atoms with Crippen LogP contribution in [0.15, 0.2) is 54.9 Å². The molecule has 1 N–H and O–H groups in total. The van der Waals surface area contributed by atoms with E-state index in [0.717, 1.165) is 37.1 Å². The van der Waals surface area contributed by atoms with Crippen LogP contribution in [0.4, 0.5) is 14.6 Å². The number of piperazine rings is 1. The summed E-state index contributed by atoms with van der Waals surface area (Å²) in [6, 6.07) is 10.9. The van der Waals surface area contributed by atoms with Crippen LogP contribution < -0.4 is 10.2 Å². The molecule has 0 spiro atoms. The molecule has 1 aliphatic rings. The molecule has 1 fully saturated rings. The maximum atomic E-state index is 14.0. The van der Waals surface area contributed by atoms with E-state index in [1.807, 2.05) is 24.3 Å². The van der Waals surface area contributed by atoms with E-state index in [1.54, 1.807) is 16.9 Å². The summed E-state index contributed by atoms with van der Waals surface area (Å²) < 4.78 is 29.7. The van der Waals surface area contributed by atoms with Crippen molar-refractivity contribution in [3.63, 3.8) is 0 Å². The second-order valence-electron chi connectivity index (χ2n) is 8.40. The zero-order valence-electron chi connectivity index (χ0n) is 17.3. The summed E-state index contributed by atoms with van der Waals surface area (Å²) in [4.78, 5) is 11.0. The Labute approximate surface area is 178 Å². The van der Waals surface area contributed by atoms with Gasteiger partial charge >= 0.3 is 0 Å². The van der Waals surface area contributed by atoms with Crippen molar-refractivity contribution in [3.05, 3.63) is 66.5 Å². The molecule has 6 nitrogen and oxygen atoms in total. The molecule has 158 valence electrons. The first-order valence-corrected chi connectivity index (χ1v) is 10.2. The number of nitrogens with one attached hydrogen (secondary N) is 1. The molecule has 0 amide bonds. The highest BCUT2D eigenvalue weighted by Gasteiger charge is 2.27. The minimum atomic E-state index is -0.649. The van der Waals surface area contributed by atoms with E-state index >= 15 is 0 Å². The van der Waals surface area contributed by atoms with Gasteiger partial charge in [0.15, 0.2) is 5.65 Å². The van der Waals surface area contributed by atoms with Gasteiger partial charge in [-0.25, -0.2) is 18.3 Å². The average Bonchev–Trinajstić information content (AvgIpc) is 3.12. The van der Waals surface area contributed by atoms with Crippen LogP contribution in [0.2, 0.25) is 0 Å². The molecule has 1 aliphatic heterocycles. The molecule has 1 saturated heterocycles. The normalized spacial score (nSPS) is 16.1. The van der Waals surface area contributed by atoms with Crippen LogP contribution in [-0.2, 0) is 0 Å². The van der Waals surface area contributed by atoms with Gasteiger partial charge in [0.25, 0.3) is 0 Å². The van der Waals surface area contributed by atoms with Gasteiger partial charge in [-0.05, 0) is 50.2 Å². The highest BCUT2D eigenvalue weighted by Crippen LogP contribution is 2.33. The lowest BCUT2D eigenvalue weighted by Crippen LogP contribution is -2.57. The molecule has 0 aliphatic carbocycles. The molecule has 0 bridgehead atoms. The number of aromatic nitrogens is 4. The standard InChI is InChI=1S/C23H22F2N6/c1-23(2)14-30(10-9-27-23)20-4-3-19-28-21(16-11-17(24)13-18(25)12-16)22(31(19)29-20)15-5-7-26-8-6-15/h3-8,11-13,27H,9-10,14H2,1-2H3. The summed E-state index contributed by atoms with van der Waals surface area (Å²) in [6.07, 6.45) is 3.35. The Morgan fingerprint density at radius 3 is 2.42 bits per heavy atom. The molecule has 1 aromatic carbocycles. The zero-order valence-corrected chi connectivity index (χ0v) is 17.3. The zero-order chi connectivity index (χ0) is 21.6. The first-order valence-electron chi connectivity index (χ1n) is 10.2. The fraction of sp³-hybridized carbons (Fsp3) is 0.261. The molecule has 3 aromatic heterocycles. The van der Waals surface area contributed by atoms with Crippen molar-refractivity contribution in [3.8, 4) is 22.5 Å². The van der Waals surface area contributed by atoms with Crippen LogP contribution in [0, 0.1) is 11.6 Å². The fourth-order valence-electron chi connectivity index (χ4n) is 4.09. The van der Waals surface area contributed by atoms with Gasteiger partial charge in [0, 0.05) is 54.8 Å². The van der Waals surface area contributed by atoms with E-state index in [4.69, 9.17) is 5.10 Å². The molecule has 31 heavy (non-hydrogen) atoms. The Balaban J connectivity index is 1.71. The molecule has 0 saturated carbocycles. The second kappa shape index (κ2) is 7.39. The largest absolute Gasteiger partial charge is 0.352 e. The van der Waals surface area contributed by atoms with Crippen molar-refractivity contribution in [2.75, 3.05) is 24.5 Å². The second-order valence-corrected chi connectivity index (χ2v) is 8.40. The van der Waals surface area contributed by atoms with Gasteiger partial charge in [0.05, 0.1) is 5.69 Å². The van der Waals surface area contributed by atoms with Crippen molar-refractivity contribution in [1.82, 2.24) is 24.9 Å². The van der Waals surface area contributed by atoms with Gasteiger partial charge in [-0.3, -0.25) is 4.98 Å². The highest BCUT2D eigenvalue weighted by atomic mass is 19.1. The Kier molecular flexibility index (Phi) is 4.66. The minimum Gasteiger partial charge on any atom is -0.352 e. The van der Waals surface area contributed by atoms with E-state index < -0.39 is 11.6 Å². The number of hydrogen-bond donors (Lipinski definition) is 1. The van der Waals surface area contributed by atoms with E-state index in [9.17, 15) is 8.78 Å². The summed E-state index contributed by atoms with van der Waals surface area (Å²) in [5.74, 6) is -0.472. The summed E-state index contributed by atoms with van der Waals surface area (Å²) in [6.45, 7) is 6.83. The van der Waals surface area contributed by atoms with E-state index in [0.29, 0.717) is 22.6 Å². The van der Waals surface area contributed by atoms with E-state index in [1.165, 1.54) is 12.1 Å². The number of halogens is 2. The van der Waals surface area contributed by atoms with Gasteiger partial charge in [0.1, 0.15) is 23.1 Å². The van der Waals surface area contributed by atoms with Crippen LogP contribution in [0.5, 0.6) is 0 Å². The Morgan fingerprint density at radius 1 is 0.968 bits per heavy atom. The SMILES string of the molecule is CC1(C)CN(c2ccc3nc(-c4cc(F)cc(F)c4)c(-c4ccncc4)n3n2)CCN1. The highest BCUT2D eigenvalue weighted by molar-refractivity contribution is 5.81. The van der Waals surface area contributed by atoms with Crippen LogP contribution in [-0.4, -0.2) is 44.8 Å². The predicted molar refractivity (Wildman–Crippen MR) is 116 cm³/mol. The van der Waals surface area contributed by atoms with Gasteiger partial charge < -0.3 is 10.2 Å². The lowest BCUT2D eigenvalue weighted by molar-refractivity contribution is 0.351. The van der Waals surface area contributed by atoms with Crippen molar-refractivity contribution >= 4 is 11.5 Å².